The van der Waals surface area contributed by atoms with Crippen LogP contribution in [0.4, 0.5) is 0 Å². The average molecular weight is 165 g/mol. The third-order valence-corrected chi connectivity index (χ3v) is 0.812. The summed E-state index contributed by atoms with van der Waals surface area (Å²) >= 11 is 0. The van der Waals surface area contributed by atoms with Crippen LogP contribution in [0.15, 0.2) is 0 Å². The first kappa shape index (κ1) is 13.4. The van der Waals surface area contributed by atoms with Gasteiger partial charge in [-0.2, -0.15) is 0 Å². The summed E-state index contributed by atoms with van der Waals surface area (Å²) in [6.45, 7) is 4.36. The molecule has 0 spiro atoms. The Hall–Kier alpha value is -0.160. The Labute approximate surface area is 68.3 Å². The highest BCUT2D eigenvalue weighted by atomic mass is 16.5. The van der Waals surface area contributed by atoms with Gasteiger partial charge in [0, 0.05) is 6.61 Å². The monoisotopic (exact) mass is 165 g/mol. The summed E-state index contributed by atoms with van der Waals surface area (Å²) in [6.07, 6.45) is 0. The number of hydrogen-bond donors (Lipinski definition) is 2. The van der Waals surface area contributed by atoms with Crippen molar-refractivity contribution in [1.82, 2.24) is 0 Å². The van der Waals surface area contributed by atoms with E-state index in [0.29, 0.717) is 19.8 Å². The molecule has 0 aromatic heterocycles. The van der Waals surface area contributed by atoms with E-state index >= 15 is 0 Å². The fourth-order valence-corrected chi connectivity index (χ4v) is 0.429. The molecule has 0 atom stereocenters. The van der Waals surface area contributed by atoms with Crippen molar-refractivity contribution in [2.45, 2.75) is 6.92 Å². The second-order valence-corrected chi connectivity index (χ2v) is 1.53. The summed E-state index contributed by atoms with van der Waals surface area (Å²) in [4.78, 5) is 0. The molecule has 0 aliphatic heterocycles. The maximum Gasteiger partial charge on any atom is 0.0701 e. The predicted molar refractivity (Wildman–Crippen MR) is 44.5 cm³/mol. The second-order valence-electron chi connectivity index (χ2n) is 1.53. The van der Waals surface area contributed by atoms with Crippen molar-refractivity contribution < 1.29 is 14.6 Å². The molecule has 0 fully saturated rings. The standard InChI is InChI=1S/C6H14O3.CH5N/c1-2-8-5-6-9-4-3-7;1-2/h7H,2-6H2,1H3;2H2,1H3. The van der Waals surface area contributed by atoms with Gasteiger partial charge in [0.05, 0.1) is 26.4 Å². The molecular formula is C7H19NO3. The van der Waals surface area contributed by atoms with Crippen LogP contribution in [-0.2, 0) is 9.47 Å². The molecule has 3 N–H and O–H groups in total. The Morgan fingerprint density at radius 2 is 1.64 bits per heavy atom. The Balaban J connectivity index is 0. The lowest BCUT2D eigenvalue weighted by Crippen LogP contribution is -2.06. The Morgan fingerprint density at radius 1 is 1.09 bits per heavy atom. The third kappa shape index (κ3) is 17.7. The Kier molecular flexibility index (Phi) is 20.1. The van der Waals surface area contributed by atoms with E-state index < -0.39 is 0 Å². The van der Waals surface area contributed by atoms with Gasteiger partial charge in [0.25, 0.3) is 0 Å². The van der Waals surface area contributed by atoms with Crippen LogP contribution in [0.3, 0.4) is 0 Å². The zero-order valence-corrected chi connectivity index (χ0v) is 7.38. The Morgan fingerprint density at radius 3 is 2.09 bits per heavy atom. The molecular weight excluding hydrogens is 146 g/mol. The molecule has 0 radical (unpaired) electrons. The van der Waals surface area contributed by atoms with Crippen LogP contribution in [0, 0.1) is 0 Å². The number of aliphatic hydroxyl groups excluding tert-OH is 1. The number of nitrogens with two attached hydrogens (primary N) is 1. The molecule has 0 saturated carbocycles. The van der Waals surface area contributed by atoms with E-state index in [2.05, 4.69) is 5.73 Å². The summed E-state index contributed by atoms with van der Waals surface area (Å²) in [6, 6.07) is 0. The molecule has 11 heavy (non-hydrogen) atoms. The normalized spacial score (nSPS) is 8.73. The number of hydrogen-bond acceptors (Lipinski definition) is 4. The maximum absolute atomic E-state index is 8.26. The highest BCUT2D eigenvalue weighted by Crippen LogP contribution is 1.76. The van der Waals surface area contributed by atoms with Crippen molar-refractivity contribution in [3.63, 3.8) is 0 Å². The molecule has 0 aliphatic rings. The number of aliphatic hydroxyl groups is 1. The van der Waals surface area contributed by atoms with Crippen LogP contribution >= 0.6 is 0 Å². The molecule has 0 heterocycles. The van der Waals surface area contributed by atoms with Gasteiger partial charge >= 0.3 is 0 Å². The van der Waals surface area contributed by atoms with Crippen LogP contribution in [0.1, 0.15) is 6.92 Å². The quantitative estimate of drug-likeness (QED) is 0.526. The predicted octanol–water partition coefficient (Wildman–Crippen LogP) is -0.393. The SMILES string of the molecule is CCOCCOCCO.CN. The van der Waals surface area contributed by atoms with Crippen molar-refractivity contribution in [2.24, 2.45) is 5.73 Å². The zero-order valence-electron chi connectivity index (χ0n) is 7.38. The maximum atomic E-state index is 8.26. The first-order valence-electron chi connectivity index (χ1n) is 3.76. The van der Waals surface area contributed by atoms with Crippen molar-refractivity contribution in [3.8, 4) is 0 Å². The van der Waals surface area contributed by atoms with Crippen LogP contribution < -0.4 is 5.73 Å². The molecule has 0 unspecified atom stereocenters. The first-order chi connectivity index (χ1) is 5.41. The van der Waals surface area contributed by atoms with Crippen molar-refractivity contribution in [3.05, 3.63) is 0 Å². The molecule has 4 heteroatoms. The summed E-state index contributed by atoms with van der Waals surface area (Å²) < 4.78 is 9.88. The van der Waals surface area contributed by atoms with Gasteiger partial charge in [-0.05, 0) is 14.0 Å². The molecule has 4 nitrogen and oxygen atoms in total. The smallest absolute Gasteiger partial charge is 0.0701 e. The van der Waals surface area contributed by atoms with Crippen LogP contribution in [0.5, 0.6) is 0 Å². The molecule has 0 aliphatic carbocycles. The molecule has 70 valence electrons. The fraction of sp³-hybridized carbons (Fsp3) is 1.00. The van der Waals surface area contributed by atoms with Gasteiger partial charge in [0.15, 0.2) is 0 Å². The van der Waals surface area contributed by atoms with E-state index in [9.17, 15) is 0 Å². The van der Waals surface area contributed by atoms with Gasteiger partial charge in [0.1, 0.15) is 0 Å². The highest BCUT2D eigenvalue weighted by Gasteiger charge is 1.84. The zero-order chi connectivity index (χ0) is 8.95. The second kappa shape index (κ2) is 16.4. The van der Waals surface area contributed by atoms with Crippen LogP contribution in [-0.4, -0.2) is 45.2 Å². The molecule has 0 bridgehead atoms. The lowest BCUT2D eigenvalue weighted by atomic mass is 10.7. The van der Waals surface area contributed by atoms with Gasteiger partial charge in [-0.1, -0.05) is 0 Å². The minimum absolute atomic E-state index is 0.0894. The summed E-state index contributed by atoms with van der Waals surface area (Å²) in [5, 5.41) is 8.26. The van der Waals surface area contributed by atoms with E-state index in [4.69, 9.17) is 14.6 Å². The summed E-state index contributed by atoms with van der Waals surface area (Å²) in [5.41, 5.74) is 4.50. The largest absolute Gasteiger partial charge is 0.394 e. The van der Waals surface area contributed by atoms with Gasteiger partial charge in [-0.15, -0.1) is 0 Å². The van der Waals surface area contributed by atoms with Gasteiger partial charge < -0.3 is 20.3 Å². The van der Waals surface area contributed by atoms with Crippen LogP contribution in [0.25, 0.3) is 0 Å². The summed E-state index contributed by atoms with van der Waals surface area (Å²) in [5.74, 6) is 0. The van der Waals surface area contributed by atoms with E-state index in [1.807, 2.05) is 6.92 Å². The topological polar surface area (TPSA) is 64.7 Å². The highest BCUT2D eigenvalue weighted by molar-refractivity contribution is 4.28. The number of rotatable bonds is 6. The lowest BCUT2D eigenvalue weighted by Gasteiger charge is -2.00. The van der Waals surface area contributed by atoms with Crippen molar-refractivity contribution in [2.75, 3.05) is 40.1 Å². The lowest BCUT2D eigenvalue weighted by molar-refractivity contribution is 0.0370. The van der Waals surface area contributed by atoms with E-state index in [0.717, 1.165) is 6.61 Å². The third-order valence-electron chi connectivity index (χ3n) is 0.812. The van der Waals surface area contributed by atoms with Gasteiger partial charge in [-0.25, -0.2) is 0 Å². The van der Waals surface area contributed by atoms with Gasteiger partial charge in [0.2, 0.25) is 0 Å². The molecule has 0 amide bonds. The number of ether oxygens (including phenoxy) is 2. The molecule has 0 aromatic carbocycles. The van der Waals surface area contributed by atoms with E-state index in [1.54, 1.807) is 0 Å². The first-order valence-corrected chi connectivity index (χ1v) is 3.76. The summed E-state index contributed by atoms with van der Waals surface area (Å²) in [7, 11) is 1.50. The minimum Gasteiger partial charge on any atom is -0.394 e. The molecule has 0 saturated heterocycles. The van der Waals surface area contributed by atoms with E-state index in [-0.39, 0.29) is 6.61 Å². The minimum atomic E-state index is 0.0894. The fourth-order valence-electron chi connectivity index (χ4n) is 0.429. The van der Waals surface area contributed by atoms with Crippen molar-refractivity contribution in [1.29, 1.82) is 0 Å². The molecule has 0 aromatic rings. The van der Waals surface area contributed by atoms with Gasteiger partial charge in [-0.3, -0.25) is 0 Å². The van der Waals surface area contributed by atoms with Crippen molar-refractivity contribution >= 4 is 0 Å². The van der Waals surface area contributed by atoms with E-state index in [1.165, 1.54) is 7.05 Å². The Bertz CT molecular complexity index is 47.0. The van der Waals surface area contributed by atoms with Crippen LogP contribution in [0.2, 0.25) is 0 Å². The molecule has 0 rings (SSSR count). The average Bonchev–Trinajstić information content (AvgIpc) is 2.08.